The summed E-state index contributed by atoms with van der Waals surface area (Å²) in [6.07, 6.45) is 1.50. The second-order valence-corrected chi connectivity index (χ2v) is 6.06. The van der Waals surface area contributed by atoms with Crippen LogP contribution in [0.5, 0.6) is 5.95 Å². The summed E-state index contributed by atoms with van der Waals surface area (Å²) in [5.74, 6) is 0.145. The zero-order valence-electron chi connectivity index (χ0n) is 11.8. The van der Waals surface area contributed by atoms with Crippen LogP contribution in [-0.4, -0.2) is 16.3 Å². The molecule has 0 spiro atoms. The number of aromatic hydroxyl groups is 1. The highest BCUT2D eigenvalue weighted by Gasteiger charge is 2.12. The molecule has 0 aliphatic rings. The van der Waals surface area contributed by atoms with E-state index in [1.807, 2.05) is 55.5 Å². The maximum Gasteiger partial charge on any atom is 0.312 e. The number of rotatable bonds is 3. The molecule has 0 atom stereocenters. The van der Waals surface area contributed by atoms with E-state index >= 15 is 0 Å². The number of benzene rings is 2. The zero-order chi connectivity index (χ0) is 15.5. The van der Waals surface area contributed by atoms with Gasteiger partial charge in [0.15, 0.2) is 5.69 Å². The normalized spacial score (nSPS) is 11.2. The van der Waals surface area contributed by atoms with Crippen LogP contribution in [0.1, 0.15) is 11.3 Å². The Labute approximate surface area is 141 Å². The average Bonchev–Trinajstić information content (AvgIpc) is 2.88. The first-order valence-electron chi connectivity index (χ1n) is 6.68. The predicted molar refractivity (Wildman–Crippen MR) is 94.8 cm³/mol. The molecule has 0 unspecified atom stereocenters. The Hall–Kier alpha value is -2.15. The molecule has 3 rings (SSSR count). The second kappa shape index (κ2) is 6.31. The van der Waals surface area contributed by atoms with Gasteiger partial charge >= 0.3 is 5.95 Å². The monoisotopic (exact) mass is 404 g/mol. The molecule has 1 aromatic heterocycles. The van der Waals surface area contributed by atoms with E-state index in [-0.39, 0.29) is 5.95 Å². The molecule has 4 nitrogen and oxygen atoms in total. The molecule has 0 radical (unpaired) electrons. The summed E-state index contributed by atoms with van der Waals surface area (Å²) in [6, 6.07) is 15.5. The van der Waals surface area contributed by atoms with Crippen molar-refractivity contribution >= 4 is 34.5 Å². The summed E-state index contributed by atoms with van der Waals surface area (Å²) in [7, 11) is 0. The van der Waals surface area contributed by atoms with Gasteiger partial charge in [-0.3, -0.25) is 4.99 Å². The molecule has 0 amide bonds. The van der Waals surface area contributed by atoms with Crippen molar-refractivity contribution in [2.45, 2.75) is 6.92 Å². The Morgan fingerprint density at radius 3 is 2.45 bits per heavy atom. The Morgan fingerprint density at radius 1 is 1.09 bits per heavy atom. The maximum atomic E-state index is 9.85. The van der Waals surface area contributed by atoms with Gasteiger partial charge in [0.1, 0.15) is 0 Å². The summed E-state index contributed by atoms with van der Waals surface area (Å²) in [5.41, 5.74) is 3.07. The first-order chi connectivity index (χ1) is 10.6. The van der Waals surface area contributed by atoms with Gasteiger partial charge in [0.05, 0.1) is 11.9 Å². The Bertz CT molecular complexity index is 806. The number of halogens is 1. The molecular weight excluding hydrogens is 391 g/mol. The van der Waals surface area contributed by atoms with Crippen molar-refractivity contribution in [1.82, 2.24) is 4.98 Å². The van der Waals surface area contributed by atoms with E-state index in [9.17, 15) is 5.11 Å². The third-order valence-corrected chi connectivity index (χ3v) is 3.81. The van der Waals surface area contributed by atoms with Gasteiger partial charge in [0, 0.05) is 9.13 Å². The van der Waals surface area contributed by atoms with Gasteiger partial charge in [-0.25, -0.2) is 4.98 Å². The third-order valence-electron chi connectivity index (χ3n) is 3.10. The number of aryl methyl sites for hydroxylation is 1. The van der Waals surface area contributed by atoms with E-state index in [1.54, 1.807) is 0 Å². The Kier molecular flexibility index (Phi) is 4.24. The van der Waals surface area contributed by atoms with Crippen LogP contribution in [0.2, 0.25) is 0 Å². The van der Waals surface area contributed by atoms with E-state index in [2.05, 4.69) is 32.6 Å². The van der Waals surface area contributed by atoms with Gasteiger partial charge in [-0.15, -0.1) is 0 Å². The minimum atomic E-state index is -0.232. The topological polar surface area (TPSA) is 58.6 Å². The van der Waals surface area contributed by atoms with Crippen LogP contribution in [-0.2, 0) is 0 Å². The predicted octanol–water partition coefficient (Wildman–Crippen LogP) is 4.71. The van der Waals surface area contributed by atoms with Gasteiger partial charge in [-0.2, -0.15) is 0 Å². The third kappa shape index (κ3) is 3.36. The molecule has 2 aromatic carbocycles. The molecule has 22 heavy (non-hydrogen) atoms. The number of aliphatic imine (C=N–C) groups is 1. The molecule has 0 saturated carbocycles. The highest BCUT2D eigenvalue weighted by atomic mass is 127. The van der Waals surface area contributed by atoms with Crippen LogP contribution in [0.25, 0.3) is 11.5 Å². The lowest BCUT2D eigenvalue weighted by Crippen LogP contribution is -1.83. The summed E-state index contributed by atoms with van der Waals surface area (Å²) in [5, 5.41) is 9.85. The Morgan fingerprint density at radius 2 is 1.77 bits per heavy atom. The molecular formula is C17H13IN2O2. The van der Waals surface area contributed by atoms with E-state index in [0.717, 1.165) is 20.4 Å². The molecule has 0 bridgehead atoms. The van der Waals surface area contributed by atoms with Crippen molar-refractivity contribution < 1.29 is 9.52 Å². The lowest BCUT2D eigenvalue weighted by atomic mass is 10.1. The van der Waals surface area contributed by atoms with Gasteiger partial charge < -0.3 is 9.52 Å². The highest BCUT2D eigenvalue weighted by molar-refractivity contribution is 14.1. The van der Waals surface area contributed by atoms with E-state index in [0.29, 0.717) is 11.6 Å². The lowest BCUT2D eigenvalue weighted by Gasteiger charge is -1.95. The second-order valence-electron chi connectivity index (χ2n) is 4.81. The van der Waals surface area contributed by atoms with Gasteiger partial charge in [-0.1, -0.05) is 17.7 Å². The molecule has 5 heteroatoms. The Balaban J connectivity index is 1.86. The molecule has 110 valence electrons. The van der Waals surface area contributed by atoms with Crippen LogP contribution >= 0.6 is 22.6 Å². The molecule has 1 N–H and O–H groups in total. The summed E-state index contributed by atoms with van der Waals surface area (Å²) >= 11 is 2.23. The van der Waals surface area contributed by atoms with Crippen molar-refractivity contribution in [2.75, 3.05) is 0 Å². The smallest absolute Gasteiger partial charge is 0.312 e. The van der Waals surface area contributed by atoms with Crippen LogP contribution in [0.15, 0.2) is 57.9 Å². The zero-order valence-corrected chi connectivity index (χ0v) is 14.0. The van der Waals surface area contributed by atoms with Crippen LogP contribution < -0.4 is 0 Å². The fraction of sp³-hybridized carbons (Fsp3) is 0.0588. The number of hydrogen-bond donors (Lipinski definition) is 1. The van der Waals surface area contributed by atoms with Crippen LogP contribution in [0, 0.1) is 10.5 Å². The van der Waals surface area contributed by atoms with Crippen molar-refractivity contribution in [2.24, 2.45) is 4.99 Å². The molecule has 0 saturated heterocycles. The number of oxazole rings is 1. The van der Waals surface area contributed by atoms with Crippen molar-refractivity contribution in [3.05, 3.63) is 63.4 Å². The molecule has 0 aliphatic carbocycles. The number of nitrogens with zero attached hydrogens (tertiary/aromatic N) is 2. The van der Waals surface area contributed by atoms with Crippen molar-refractivity contribution in [1.29, 1.82) is 0 Å². The standard InChI is InChI=1S/C17H13IN2O2/c1-11-2-4-12(5-3-11)16-20-15(17(21)22-16)10-19-14-8-6-13(18)7-9-14/h2-10,21H,1H3. The van der Waals surface area contributed by atoms with Gasteiger partial charge in [0.2, 0.25) is 5.89 Å². The average molecular weight is 404 g/mol. The molecule has 0 aliphatic heterocycles. The summed E-state index contributed by atoms with van der Waals surface area (Å²) in [4.78, 5) is 8.56. The summed E-state index contributed by atoms with van der Waals surface area (Å²) < 4.78 is 6.44. The SMILES string of the molecule is Cc1ccc(-c2nc(C=Nc3ccc(I)cc3)c(O)o2)cc1. The number of aromatic nitrogens is 1. The van der Waals surface area contributed by atoms with Crippen LogP contribution in [0.4, 0.5) is 5.69 Å². The van der Waals surface area contributed by atoms with E-state index in [4.69, 9.17) is 4.42 Å². The van der Waals surface area contributed by atoms with Crippen LogP contribution in [0.3, 0.4) is 0 Å². The fourth-order valence-electron chi connectivity index (χ4n) is 1.89. The largest absolute Gasteiger partial charge is 0.479 e. The first-order valence-corrected chi connectivity index (χ1v) is 7.76. The highest BCUT2D eigenvalue weighted by Crippen LogP contribution is 2.26. The lowest BCUT2D eigenvalue weighted by molar-refractivity contribution is 0.337. The number of hydrogen-bond acceptors (Lipinski definition) is 4. The van der Waals surface area contributed by atoms with Crippen molar-refractivity contribution in [3.63, 3.8) is 0 Å². The van der Waals surface area contributed by atoms with Gasteiger partial charge in [0.25, 0.3) is 0 Å². The molecule has 1 heterocycles. The van der Waals surface area contributed by atoms with E-state index < -0.39 is 0 Å². The quantitative estimate of drug-likeness (QED) is 0.508. The van der Waals surface area contributed by atoms with Crippen molar-refractivity contribution in [3.8, 4) is 17.4 Å². The summed E-state index contributed by atoms with van der Waals surface area (Å²) in [6.45, 7) is 2.01. The minimum Gasteiger partial charge on any atom is -0.479 e. The molecule has 0 fully saturated rings. The van der Waals surface area contributed by atoms with Gasteiger partial charge in [-0.05, 0) is 65.9 Å². The minimum absolute atomic E-state index is 0.232. The fourth-order valence-corrected chi connectivity index (χ4v) is 2.25. The molecule has 3 aromatic rings. The van der Waals surface area contributed by atoms with E-state index in [1.165, 1.54) is 6.21 Å². The maximum absolute atomic E-state index is 9.85. The first kappa shape index (κ1) is 14.8.